The minimum atomic E-state index is -0.0680. The highest BCUT2D eigenvalue weighted by Crippen LogP contribution is 2.31. The Bertz CT molecular complexity index is 1500. The SMILES string of the molecule is CCC(C)CC(=O)[C@@H]1CC[C@@H](c2nc(-c3ccc(-c4ccc(-c5c[nH]c([C@@H]6CC[C@@H](C(=O)CC(C)CC)N6)n5)cc4)cc3)c[nH]2)N1. The Morgan fingerprint density at radius 3 is 1.37 bits per heavy atom. The quantitative estimate of drug-likeness (QED) is 0.122. The van der Waals surface area contributed by atoms with Gasteiger partial charge in [-0.05, 0) is 48.6 Å². The molecule has 2 aromatic heterocycles. The lowest BCUT2D eigenvalue weighted by molar-refractivity contribution is -0.122. The molecule has 6 rings (SSSR count). The maximum Gasteiger partial charge on any atom is 0.150 e. The Morgan fingerprint density at radius 1 is 0.630 bits per heavy atom. The molecule has 2 aliphatic heterocycles. The molecule has 8 heteroatoms. The smallest absolute Gasteiger partial charge is 0.150 e. The largest absolute Gasteiger partial charge is 0.347 e. The van der Waals surface area contributed by atoms with Crippen LogP contribution in [0.4, 0.5) is 0 Å². The monoisotopic (exact) mass is 620 g/mol. The average molecular weight is 621 g/mol. The second kappa shape index (κ2) is 14.3. The molecule has 0 radical (unpaired) electrons. The molecular weight excluding hydrogens is 572 g/mol. The van der Waals surface area contributed by atoms with Gasteiger partial charge in [-0.1, -0.05) is 89.1 Å². The Hall–Kier alpha value is -3.88. The van der Waals surface area contributed by atoms with Crippen molar-refractivity contribution in [2.45, 2.75) is 103 Å². The number of imidazole rings is 2. The van der Waals surface area contributed by atoms with Crippen molar-refractivity contribution in [2.24, 2.45) is 11.8 Å². The molecule has 2 aliphatic rings. The van der Waals surface area contributed by atoms with Gasteiger partial charge in [-0.15, -0.1) is 0 Å². The molecule has 4 heterocycles. The molecule has 0 saturated carbocycles. The molecule has 2 aromatic carbocycles. The van der Waals surface area contributed by atoms with Crippen LogP contribution in [0.2, 0.25) is 0 Å². The molecule has 4 aromatic rings. The molecule has 6 atom stereocenters. The number of hydrogen-bond donors (Lipinski definition) is 4. The van der Waals surface area contributed by atoms with Crippen LogP contribution in [-0.2, 0) is 9.59 Å². The van der Waals surface area contributed by atoms with Crippen molar-refractivity contribution < 1.29 is 9.59 Å². The van der Waals surface area contributed by atoms with Crippen LogP contribution in [0.3, 0.4) is 0 Å². The van der Waals surface area contributed by atoms with Crippen molar-refractivity contribution in [3.8, 4) is 33.6 Å². The summed E-state index contributed by atoms with van der Waals surface area (Å²) in [4.78, 5) is 41.8. The third-order valence-corrected chi connectivity index (χ3v) is 10.1. The molecule has 8 nitrogen and oxygen atoms in total. The van der Waals surface area contributed by atoms with Gasteiger partial charge in [0.05, 0.1) is 35.6 Å². The van der Waals surface area contributed by atoms with Gasteiger partial charge in [-0.25, -0.2) is 9.97 Å². The molecule has 2 saturated heterocycles. The lowest BCUT2D eigenvalue weighted by Crippen LogP contribution is -2.33. The number of benzene rings is 2. The van der Waals surface area contributed by atoms with E-state index in [9.17, 15) is 9.59 Å². The number of aromatic nitrogens is 4. The normalized spacial score (nSPS) is 22.6. The third-order valence-electron chi connectivity index (χ3n) is 10.1. The van der Waals surface area contributed by atoms with Crippen LogP contribution in [0.25, 0.3) is 33.6 Å². The predicted molar refractivity (Wildman–Crippen MR) is 183 cm³/mol. The molecular formula is C38H48N6O2. The second-order valence-electron chi connectivity index (χ2n) is 13.6. The van der Waals surface area contributed by atoms with E-state index in [-0.39, 0.29) is 24.2 Å². The van der Waals surface area contributed by atoms with E-state index >= 15 is 0 Å². The number of rotatable bonds is 13. The van der Waals surface area contributed by atoms with Gasteiger partial charge in [-0.3, -0.25) is 20.2 Å². The van der Waals surface area contributed by atoms with E-state index in [1.165, 1.54) is 0 Å². The molecule has 0 bridgehead atoms. The number of carbonyl (C=O) groups excluding carboxylic acids is 2. The van der Waals surface area contributed by atoms with Gasteiger partial charge in [0.2, 0.25) is 0 Å². The number of nitrogens with one attached hydrogen (secondary N) is 4. The van der Waals surface area contributed by atoms with Crippen LogP contribution >= 0.6 is 0 Å². The van der Waals surface area contributed by atoms with E-state index in [4.69, 9.17) is 9.97 Å². The lowest BCUT2D eigenvalue weighted by atomic mass is 9.97. The van der Waals surface area contributed by atoms with Gasteiger partial charge in [0.15, 0.2) is 0 Å². The zero-order valence-corrected chi connectivity index (χ0v) is 27.6. The van der Waals surface area contributed by atoms with Gasteiger partial charge in [0, 0.05) is 36.4 Å². The Labute approximate surface area is 272 Å². The van der Waals surface area contributed by atoms with Crippen molar-refractivity contribution in [1.82, 2.24) is 30.6 Å². The maximum absolute atomic E-state index is 12.7. The van der Waals surface area contributed by atoms with Crippen molar-refractivity contribution >= 4 is 11.6 Å². The number of H-pyrrole nitrogens is 2. The van der Waals surface area contributed by atoms with Crippen LogP contribution in [0.5, 0.6) is 0 Å². The highest BCUT2D eigenvalue weighted by Gasteiger charge is 2.33. The van der Waals surface area contributed by atoms with E-state index in [1.54, 1.807) is 0 Å². The first kappa shape index (κ1) is 32.1. The zero-order valence-electron chi connectivity index (χ0n) is 27.6. The van der Waals surface area contributed by atoms with Crippen molar-refractivity contribution in [1.29, 1.82) is 0 Å². The molecule has 46 heavy (non-hydrogen) atoms. The fourth-order valence-corrected chi connectivity index (χ4v) is 6.68. The van der Waals surface area contributed by atoms with E-state index < -0.39 is 0 Å². The maximum atomic E-state index is 12.7. The van der Waals surface area contributed by atoms with Gasteiger partial charge in [0.1, 0.15) is 23.2 Å². The van der Waals surface area contributed by atoms with Crippen molar-refractivity contribution in [3.63, 3.8) is 0 Å². The summed E-state index contributed by atoms with van der Waals surface area (Å²) in [7, 11) is 0. The van der Waals surface area contributed by atoms with Crippen molar-refractivity contribution in [2.75, 3.05) is 0 Å². The molecule has 0 amide bonds. The first-order valence-corrected chi connectivity index (χ1v) is 17.2. The van der Waals surface area contributed by atoms with Crippen LogP contribution in [0.1, 0.15) is 103 Å². The molecule has 0 aliphatic carbocycles. The minimum Gasteiger partial charge on any atom is -0.347 e. The first-order valence-electron chi connectivity index (χ1n) is 17.2. The molecule has 2 unspecified atom stereocenters. The highest BCUT2D eigenvalue weighted by atomic mass is 16.1. The van der Waals surface area contributed by atoms with E-state index in [0.717, 1.165) is 83.8 Å². The van der Waals surface area contributed by atoms with E-state index in [1.807, 2.05) is 12.4 Å². The summed E-state index contributed by atoms with van der Waals surface area (Å²) in [6.45, 7) is 8.56. The fourth-order valence-electron chi connectivity index (χ4n) is 6.68. The highest BCUT2D eigenvalue weighted by molar-refractivity contribution is 5.85. The van der Waals surface area contributed by atoms with E-state index in [0.29, 0.717) is 36.2 Å². The molecule has 4 N–H and O–H groups in total. The zero-order chi connectivity index (χ0) is 32.2. The Kier molecular flexibility index (Phi) is 9.95. The Morgan fingerprint density at radius 2 is 1.00 bits per heavy atom. The summed E-state index contributed by atoms with van der Waals surface area (Å²) in [5.41, 5.74) is 6.20. The number of carbonyl (C=O) groups is 2. The lowest BCUT2D eigenvalue weighted by Gasteiger charge is -2.14. The van der Waals surface area contributed by atoms with Gasteiger partial charge in [0.25, 0.3) is 0 Å². The minimum absolute atomic E-state index is 0.0680. The number of nitrogens with zero attached hydrogens (tertiary/aromatic N) is 2. The fraction of sp³-hybridized carbons (Fsp3) is 0.474. The summed E-state index contributed by atoms with van der Waals surface area (Å²) < 4.78 is 0. The molecule has 2 fully saturated rings. The van der Waals surface area contributed by atoms with Gasteiger partial charge < -0.3 is 9.97 Å². The van der Waals surface area contributed by atoms with Crippen LogP contribution in [-0.4, -0.2) is 43.6 Å². The molecule has 242 valence electrons. The number of ketones is 2. The van der Waals surface area contributed by atoms with E-state index in [2.05, 4.69) is 96.8 Å². The molecule has 0 spiro atoms. The number of hydrogen-bond acceptors (Lipinski definition) is 6. The number of aromatic amines is 2. The average Bonchev–Trinajstić information content (AvgIpc) is 3.91. The Balaban J connectivity index is 1.05. The summed E-state index contributed by atoms with van der Waals surface area (Å²) in [6, 6.07) is 17.0. The summed E-state index contributed by atoms with van der Waals surface area (Å²) in [6.07, 6.45) is 10.8. The number of Topliss-reactive ketones (excluding diaryl/α,β-unsaturated/α-hetero) is 2. The third kappa shape index (κ3) is 7.24. The predicted octanol–water partition coefficient (Wildman–Crippen LogP) is 7.73. The van der Waals surface area contributed by atoms with Gasteiger partial charge in [-0.2, -0.15) is 0 Å². The summed E-state index contributed by atoms with van der Waals surface area (Å²) >= 11 is 0. The van der Waals surface area contributed by atoms with Crippen LogP contribution in [0.15, 0.2) is 60.9 Å². The first-order chi connectivity index (χ1) is 22.3. The summed E-state index contributed by atoms with van der Waals surface area (Å²) in [5.74, 6) is 3.30. The standard InChI is InChI=1S/C38H48N6O2/c1-5-23(3)19-35(45)29-15-17-31(41-29)37-39-21-33(43-37)27-11-7-25(8-12-27)26-9-13-28(14-10-26)34-22-40-38(44-34)32-18-16-30(42-32)36(46)20-24(4)6-2/h7-14,21-24,29-32,41-42H,5-6,15-20H2,1-4H3,(H,39,43)(H,40,44)/t23?,24?,29-,30-,31-,32-/m0/s1. The van der Waals surface area contributed by atoms with Crippen LogP contribution in [0, 0.1) is 11.8 Å². The van der Waals surface area contributed by atoms with Gasteiger partial charge >= 0.3 is 0 Å². The second-order valence-corrected chi connectivity index (χ2v) is 13.6. The topological polar surface area (TPSA) is 116 Å². The summed E-state index contributed by atoms with van der Waals surface area (Å²) in [5, 5.41) is 7.02. The van der Waals surface area contributed by atoms with Crippen LogP contribution < -0.4 is 10.6 Å². The van der Waals surface area contributed by atoms with Crippen molar-refractivity contribution in [3.05, 3.63) is 72.6 Å².